The van der Waals surface area contributed by atoms with Gasteiger partial charge >= 0.3 is 0 Å². The van der Waals surface area contributed by atoms with Crippen LogP contribution in [0.3, 0.4) is 0 Å². The first-order valence-corrected chi connectivity index (χ1v) is 6.23. The zero-order valence-corrected chi connectivity index (χ0v) is 10.6. The zero-order chi connectivity index (χ0) is 13.5. The Balaban J connectivity index is 1.69. The molecule has 0 unspecified atom stereocenters. The van der Waals surface area contributed by atoms with Crippen LogP contribution in [-0.2, 0) is 17.8 Å². The minimum Gasteiger partial charge on any atom is -0.356 e. The molecule has 1 amide bonds. The molecule has 0 bridgehead atoms. The molecule has 0 spiro atoms. The van der Waals surface area contributed by atoms with Gasteiger partial charge in [0.1, 0.15) is 5.82 Å². The molecular formula is C14H16FN3O. The standard InChI is InChI=1S/C14H16FN3O/c15-13-6-2-1-5-12(13)11-14(19)16-7-3-9-18-10-4-8-17-18/h1-2,4-6,8,10H,3,7,9,11H2,(H,16,19). The number of nitrogens with one attached hydrogen (secondary N) is 1. The summed E-state index contributed by atoms with van der Waals surface area (Å²) in [6.07, 6.45) is 4.47. The molecule has 5 heteroatoms. The maximum absolute atomic E-state index is 13.3. The third-order valence-electron chi connectivity index (χ3n) is 2.75. The molecule has 0 fully saturated rings. The monoisotopic (exact) mass is 261 g/mol. The van der Waals surface area contributed by atoms with E-state index in [0.717, 1.165) is 13.0 Å². The Morgan fingerprint density at radius 1 is 1.32 bits per heavy atom. The zero-order valence-electron chi connectivity index (χ0n) is 10.6. The largest absolute Gasteiger partial charge is 0.356 e. The summed E-state index contributed by atoms with van der Waals surface area (Å²) in [5, 5.41) is 6.84. The molecule has 1 N–H and O–H groups in total. The van der Waals surface area contributed by atoms with E-state index in [9.17, 15) is 9.18 Å². The van der Waals surface area contributed by atoms with Gasteiger partial charge in [0.2, 0.25) is 5.91 Å². The fraction of sp³-hybridized carbons (Fsp3) is 0.286. The molecule has 0 aliphatic rings. The van der Waals surface area contributed by atoms with Gasteiger partial charge in [0.25, 0.3) is 0 Å². The average Bonchev–Trinajstić information content (AvgIpc) is 2.91. The first-order valence-electron chi connectivity index (χ1n) is 6.23. The number of aryl methyl sites for hydroxylation is 1. The molecule has 1 aromatic heterocycles. The number of hydrogen-bond acceptors (Lipinski definition) is 2. The molecule has 100 valence electrons. The van der Waals surface area contributed by atoms with Gasteiger partial charge in [-0.15, -0.1) is 0 Å². The molecule has 2 rings (SSSR count). The molecule has 0 aliphatic heterocycles. The van der Waals surface area contributed by atoms with Crippen LogP contribution in [0.4, 0.5) is 4.39 Å². The maximum atomic E-state index is 13.3. The van der Waals surface area contributed by atoms with Crippen molar-refractivity contribution < 1.29 is 9.18 Å². The van der Waals surface area contributed by atoms with Gasteiger partial charge in [0, 0.05) is 25.5 Å². The second-order valence-corrected chi connectivity index (χ2v) is 4.24. The molecule has 0 atom stereocenters. The van der Waals surface area contributed by atoms with Crippen LogP contribution in [0, 0.1) is 5.82 Å². The van der Waals surface area contributed by atoms with Crippen LogP contribution in [0.2, 0.25) is 0 Å². The minimum atomic E-state index is -0.339. The molecule has 0 radical (unpaired) electrons. The first-order chi connectivity index (χ1) is 9.25. The maximum Gasteiger partial charge on any atom is 0.224 e. The second kappa shape index (κ2) is 6.68. The van der Waals surface area contributed by atoms with Crippen molar-refractivity contribution in [3.8, 4) is 0 Å². The lowest BCUT2D eigenvalue weighted by Crippen LogP contribution is -2.27. The van der Waals surface area contributed by atoms with E-state index in [2.05, 4.69) is 10.4 Å². The second-order valence-electron chi connectivity index (χ2n) is 4.24. The van der Waals surface area contributed by atoms with Gasteiger partial charge in [-0.1, -0.05) is 18.2 Å². The molecule has 0 saturated carbocycles. The predicted octanol–water partition coefficient (Wildman–Crippen LogP) is 1.77. The van der Waals surface area contributed by atoms with E-state index in [4.69, 9.17) is 0 Å². The number of hydrogen-bond donors (Lipinski definition) is 1. The highest BCUT2D eigenvalue weighted by molar-refractivity contribution is 5.78. The van der Waals surface area contributed by atoms with E-state index < -0.39 is 0 Å². The molecule has 0 saturated heterocycles. The summed E-state index contributed by atoms with van der Waals surface area (Å²) in [7, 11) is 0. The fourth-order valence-corrected chi connectivity index (χ4v) is 1.78. The van der Waals surface area contributed by atoms with E-state index in [0.29, 0.717) is 12.1 Å². The Kier molecular flexibility index (Phi) is 4.66. The van der Waals surface area contributed by atoms with Crippen molar-refractivity contribution in [1.29, 1.82) is 0 Å². The van der Waals surface area contributed by atoms with E-state index in [-0.39, 0.29) is 18.1 Å². The van der Waals surface area contributed by atoms with Crippen LogP contribution < -0.4 is 5.32 Å². The van der Waals surface area contributed by atoms with Gasteiger partial charge in [0.05, 0.1) is 6.42 Å². The summed E-state index contributed by atoms with van der Waals surface area (Å²) in [6, 6.07) is 8.18. The quantitative estimate of drug-likeness (QED) is 0.806. The SMILES string of the molecule is O=C(Cc1ccccc1F)NCCCn1cccn1. The van der Waals surface area contributed by atoms with E-state index >= 15 is 0 Å². The molecule has 0 aliphatic carbocycles. The highest BCUT2D eigenvalue weighted by atomic mass is 19.1. The van der Waals surface area contributed by atoms with Gasteiger partial charge < -0.3 is 5.32 Å². The van der Waals surface area contributed by atoms with E-state index in [1.165, 1.54) is 6.07 Å². The summed E-state index contributed by atoms with van der Waals surface area (Å²) in [6.45, 7) is 1.32. The number of nitrogens with zero attached hydrogens (tertiary/aromatic N) is 2. The summed E-state index contributed by atoms with van der Waals surface area (Å²) in [5.74, 6) is -0.500. The highest BCUT2D eigenvalue weighted by Crippen LogP contribution is 2.06. The number of benzene rings is 1. The smallest absolute Gasteiger partial charge is 0.224 e. The Morgan fingerprint density at radius 2 is 2.16 bits per heavy atom. The van der Waals surface area contributed by atoms with Gasteiger partial charge in [-0.25, -0.2) is 4.39 Å². The summed E-state index contributed by atoms with van der Waals surface area (Å²) in [5.41, 5.74) is 0.423. The molecular weight excluding hydrogens is 245 g/mol. The third kappa shape index (κ3) is 4.21. The minimum absolute atomic E-state index is 0.0778. The lowest BCUT2D eigenvalue weighted by molar-refractivity contribution is -0.120. The van der Waals surface area contributed by atoms with Gasteiger partial charge in [-0.05, 0) is 24.1 Å². The first kappa shape index (κ1) is 13.3. The Morgan fingerprint density at radius 3 is 2.89 bits per heavy atom. The number of rotatable bonds is 6. The Bertz CT molecular complexity index is 525. The molecule has 1 aromatic carbocycles. The normalized spacial score (nSPS) is 10.4. The molecule has 1 heterocycles. The predicted molar refractivity (Wildman–Crippen MR) is 70.0 cm³/mol. The van der Waals surface area contributed by atoms with E-state index in [1.807, 2.05) is 16.9 Å². The van der Waals surface area contributed by atoms with Crippen LogP contribution in [-0.4, -0.2) is 22.2 Å². The van der Waals surface area contributed by atoms with E-state index in [1.54, 1.807) is 24.4 Å². The van der Waals surface area contributed by atoms with Crippen molar-refractivity contribution in [1.82, 2.24) is 15.1 Å². The van der Waals surface area contributed by atoms with Gasteiger partial charge in [-0.2, -0.15) is 5.10 Å². The van der Waals surface area contributed by atoms with Crippen molar-refractivity contribution >= 4 is 5.91 Å². The molecule has 2 aromatic rings. The van der Waals surface area contributed by atoms with Crippen molar-refractivity contribution in [3.05, 3.63) is 54.1 Å². The van der Waals surface area contributed by atoms with Crippen molar-refractivity contribution in [2.24, 2.45) is 0 Å². The highest BCUT2D eigenvalue weighted by Gasteiger charge is 2.06. The Hall–Kier alpha value is -2.17. The van der Waals surface area contributed by atoms with Crippen LogP contribution in [0.1, 0.15) is 12.0 Å². The topological polar surface area (TPSA) is 46.9 Å². The fourth-order valence-electron chi connectivity index (χ4n) is 1.78. The lowest BCUT2D eigenvalue weighted by Gasteiger charge is -2.06. The summed E-state index contributed by atoms with van der Waals surface area (Å²) >= 11 is 0. The van der Waals surface area contributed by atoms with Crippen LogP contribution in [0.15, 0.2) is 42.7 Å². The van der Waals surface area contributed by atoms with Crippen molar-refractivity contribution in [3.63, 3.8) is 0 Å². The van der Waals surface area contributed by atoms with Crippen LogP contribution in [0.5, 0.6) is 0 Å². The summed E-state index contributed by atoms with van der Waals surface area (Å²) in [4.78, 5) is 11.6. The lowest BCUT2D eigenvalue weighted by atomic mass is 10.1. The third-order valence-corrected chi connectivity index (χ3v) is 2.75. The van der Waals surface area contributed by atoms with Gasteiger partial charge in [0.15, 0.2) is 0 Å². The number of carbonyl (C=O) groups excluding carboxylic acids is 1. The summed E-state index contributed by atoms with van der Waals surface area (Å²) < 4.78 is 15.1. The van der Waals surface area contributed by atoms with Crippen LogP contribution >= 0.6 is 0 Å². The molecule has 4 nitrogen and oxygen atoms in total. The van der Waals surface area contributed by atoms with Crippen LogP contribution in [0.25, 0.3) is 0 Å². The average molecular weight is 261 g/mol. The number of amides is 1. The Labute approximate surface area is 111 Å². The number of halogens is 1. The number of aromatic nitrogens is 2. The van der Waals surface area contributed by atoms with Crippen molar-refractivity contribution in [2.75, 3.05) is 6.54 Å². The molecule has 19 heavy (non-hydrogen) atoms. The number of carbonyl (C=O) groups is 1. The van der Waals surface area contributed by atoms with Gasteiger partial charge in [-0.3, -0.25) is 9.48 Å². The van der Waals surface area contributed by atoms with Crippen molar-refractivity contribution in [2.45, 2.75) is 19.4 Å².